The third-order valence-corrected chi connectivity index (χ3v) is 7.36. The van der Waals surface area contributed by atoms with Crippen LogP contribution < -0.4 is 9.47 Å². The average Bonchev–Trinajstić information content (AvgIpc) is 3.41. The molecule has 0 saturated heterocycles. The number of unbranched alkanes of at least 4 members (excludes halogenated alkanes) is 2. The molecule has 5 heteroatoms. The lowest BCUT2D eigenvalue weighted by atomic mass is 10.1. The summed E-state index contributed by atoms with van der Waals surface area (Å²) in [5.41, 5.74) is 6.54. The molecule has 0 aliphatic rings. The van der Waals surface area contributed by atoms with Gasteiger partial charge in [0.15, 0.2) is 6.10 Å². The number of carboxylic acid groups (broad SMARTS) is 1. The Balaban J connectivity index is 1.17. The Morgan fingerprint density at radius 2 is 1.36 bits per heavy atom. The molecular formula is C37H37NO4. The largest absolute Gasteiger partial charge is 0.494 e. The fourth-order valence-corrected chi connectivity index (χ4v) is 5.12. The summed E-state index contributed by atoms with van der Waals surface area (Å²) in [5.74, 6) is 0.416. The number of hydrogen-bond donors (Lipinski definition) is 1. The van der Waals surface area contributed by atoms with Gasteiger partial charge < -0.3 is 19.1 Å². The quantitative estimate of drug-likeness (QED) is 0.139. The van der Waals surface area contributed by atoms with E-state index in [-0.39, 0.29) is 0 Å². The molecule has 42 heavy (non-hydrogen) atoms. The van der Waals surface area contributed by atoms with Gasteiger partial charge in [-0.2, -0.15) is 0 Å². The number of ether oxygens (including phenoxy) is 2. The normalized spacial score (nSPS) is 11.6. The highest BCUT2D eigenvalue weighted by molar-refractivity contribution is 5.73. The van der Waals surface area contributed by atoms with Gasteiger partial charge in [0.2, 0.25) is 0 Å². The Bertz CT molecular complexity index is 1540. The van der Waals surface area contributed by atoms with Crippen molar-refractivity contribution in [3.63, 3.8) is 0 Å². The van der Waals surface area contributed by atoms with Crippen LogP contribution in [-0.2, 0) is 17.6 Å². The van der Waals surface area contributed by atoms with Gasteiger partial charge in [0.05, 0.1) is 12.3 Å². The van der Waals surface area contributed by atoms with E-state index in [2.05, 4.69) is 66.1 Å². The van der Waals surface area contributed by atoms with E-state index in [0.29, 0.717) is 18.8 Å². The Kier molecular flexibility index (Phi) is 9.73. The maximum Gasteiger partial charge on any atom is 0.345 e. The van der Waals surface area contributed by atoms with Gasteiger partial charge in [-0.1, -0.05) is 60.7 Å². The van der Waals surface area contributed by atoms with Crippen LogP contribution in [0.5, 0.6) is 11.5 Å². The summed E-state index contributed by atoms with van der Waals surface area (Å²) in [4.78, 5) is 11.8. The molecule has 5 rings (SSSR count). The zero-order valence-electron chi connectivity index (χ0n) is 24.0. The first-order chi connectivity index (χ1) is 20.6. The van der Waals surface area contributed by atoms with E-state index in [4.69, 9.17) is 9.47 Å². The van der Waals surface area contributed by atoms with Crippen molar-refractivity contribution in [3.05, 3.63) is 138 Å². The van der Waals surface area contributed by atoms with E-state index in [1.54, 1.807) is 0 Å². The molecule has 0 amide bonds. The lowest BCUT2D eigenvalue weighted by Gasteiger charge is -2.16. The van der Waals surface area contributed by atoms with Crippen LogP contribution in [0.4, 0.5) is 0 Å². The number of carboxylic acids is 1. The van der Waals surface area contributed by atoms with Gasteiger partial charge >= 0.3 is 5.97 Å². The highest BCUT2D eigenvalue weighted by Gasteiger charge is 2.20. The molecule has 214 valence electrons. The van der Waals surface area contributed by atoms with Crippen molar-refractivity contribution in [1.29, 1.82) is 0 Å². The van der Waals surface area contributed by atoms with Crippen LogP contribution in [0.3, 0.4) is 0 Å². The van der Waals surface area contributed by atoms with Gasteiger partial charge in [0, 0.05) is 17.8 Å². The van der Waals surface area contributed by atoms with Crippen molar-refractivity contribution in [1.82, 2.24) is 4.57 Å². The Hall–Kier alpha value is -4.77. The molecule has 0 radical (unpaired) electrons. The van der Waals surface area contributed by atoms with Crippen molar-refractivity contribution in [2.75, 3.05) is 6.61 Å². The monoisotopic (exact) mass is 559 g/mol. The molecule has 0 unspecified atom stereocenters. The first-order valence-electron chi connectivity index (χ1n) is 14.6. The maximum atomic E-state index is 11.8. The molecule has 0 spiro atoms. The fourth-order valence-electron chi connectivity index (χ4n) is 5.12. The Morgan fingerprint density at radius 3 is 2.02 bits per heavy atom. The topological polar surface area (TPSA) is 60.7 Å². The second kappa shape index (κ2) is 14.2. The maximum absolute atomic E-state index is 11.8. The summed E-state index contributed by atoms with van der Waals surface area (Å²) in [6.45, 7) is 2.80. The molecule has 1 N–H and O–H groups in total. The molecule has 4 aromatic carbocycles. The number of rotatable bonds is 14. The van der Waals surface area contributed by atoms with Crippen molar-refractivity contribution >= 4 is 5.97 Å². The molecule has 0 aliphatic heterocycles. The third kappa shape index (κ3) is 7.70. The van der Waals surface area contributed by atoms with Crippen LogP contribution in [0.1, 0.15) is 36.1 Å². The van der Waals surface area contributed by atoms with Gasteiger partial charge in [0.1, 0.15) is 11.5 Å². The summed E-state index contributed by atoms with van der Waals surface area (Å²) in [7, 11) is 0. The minimum absolute atomic E-state index is 0.300. The summed E-state index contributed by atoms with van der Waals surface area (Å²) < 4.78 is 14.1. The molecular weight excluding hydrogens is 522 g/mol. The number of nitrogens with zero attached hydrogens (tertiary/aromatic N) is 1. The number of hydrogen-bond acceptors (Lipinski definition) is 3. The minimum atomic E-state index is -0.983. The zero-order valence-corrected chi connectivity index (χ0v) is 24.0. The van der Waals surface area contributed by atoms with Crippen LogP contribution in [0.2, 0.25) is 0 Å². The lowest BCUT2D eigenvalue weighted by molar-refractivity contribution is -0.145. The van der Waals surface area contributed by atoms with Crippen molar-refractivity contribution in [3.8, 4) is 28.4 Å². The number of carbonyl (C=O) groups is 1. The second-order valence-corrected chi connectivity index (χ2v) is 10.5. The lowest BCUT2D eigenvalue weighted by Crippen LogP contribution is -2.29. The summed E-state index contributed by atoms with van der Waals surface area (Å²) in [5, 5.41) is 9.70. The minimum Gasteiger partial charge on any atom is -0.494 e. The van der Waals surface area contributed by atoms with Gasteiger partial charge in [-0.15, -0.1) is 0 Å². The van der Waals surface area contributed by atoms with E-state index < -0.39 is 12.1 Å². The standard InChI is InChI=1S/C37H37NO4/c1-28-16-25-35(31-17-21-34(22-18-31)42-36(37(39)40)27-30-14-7-3-8-15-30)38(28)32-19-23-33(24-20-32)41-26-10-4-9-13-29-11-5-2-6-12-29/h2-3,5-8,11-12,14-25,36H,4,9-10,13,26-27H2,1H3,(H,39,40)/t36-/m1/s1. The Labute approximate surface area is 248 Å². The first-order valence-corrected chi connectivity index (χ1v) is 14.6. The fraction of sp³-hybridized carbons (Fsp3) is 0.216. The molecule has 0 saturated carbocycles. The SMILES string of the molecule is Cc1ccc(-c2ccc(O[C@H](Cc3ccccc3)C(=O)O)cc2)n1-c1ccc(OCCCCCc2ccccc2)cc1. The number of aliphatic carboxylic acids is 1. The smallest absolute Gasteiger partial charge is 0.345 e. The molecule has 0 bridgehead atoms. The predicted octanol–water partition coefficient (Wildman–Crippen LogP) is 8.32. The molecule has 1 heterocycles. The molecule has 5 aromatic rings. The summed E-state index contributed by atoms with van der Waals surface area (Å²) in [6.07, 6.45) is 3.80. The van der Waals surface area contributed by atoms with E-state index in [1.165, 1.54) is 12.0 Å². The average molecular weight is 560 g/mol. The van der Waals surface area contributed by atoms with Gasteiger partial charge in [-0.05, 0) is 110 Å². The van der Waals surface area contributed by atoms with Crippen molar-refractivity contribution in [2.45, 2.75) is 45.1 Å². The zero-order chi connectivity index (χ0) is 29.1. The van der Waals surface area contributed by atoms with Crippen LogP contribution >= 0.6 is 0 Å². The molecule has 1 atom stereocenters. The molecule has 1 aromatic heterocycles. The van der Waals surface area contributed by atoms with E-state index in [0.717, 1.165) is 53.2 Å². The van der Waals surface area contributed by atoms with Crippen molar-refractivity contribution < 1.29 is 19.4 Å². The molecule has 0 fully saturated rings. The highest BCUT2D eigenvalue weighted by atomic mass is 16.5. The summed E-state index contributed by atoms with van der Waals surface area (Å²) >= 11 is 0. The van der Waals surface area contributed by atoms with Crippen molar-refractivity contribution in [2.24, 2.45) is 0 Å². The molecule has 0 aliphatic carbocycles. The van der Waals surface area contributed by atoms with Crippen LogP contribution in [0.15, 0.2) is 121 Å². The van der Waals surface area contributed by atoms with Crippen LogP contribution in [0, 0.1) is 6.92 Å². The number of aryl methyl sites for hydroxylation is 2. The number of benzene rings is 4. The van der Waals surface area contributed by atoms with Gasteiger partial charge in [-0.25, -0.2) is 4.79 Å². The summed E-state index contributed by atoms with van der Waals surface area (Å²) in [6, 6.07) is 40.2. The second-order valence-electron chi connectivity index (χ2n) is 10.5. The van der Waals surface area contributed by atoms with E-state index in [9.17, 15) is 9.90 Å². The van der Waals surface area contributed by atoms with Crippen LogP contribution in [-0.4, -0.2) is 28.4 Å². The van der Waals surface area contributed by atoms with E-state index in [1.807, 2.05) is 66.7 Å². The van der Waals surface area contributed by atoms with Gasteiger partial charge in [0.25, 0.3) is 0 Å². The third-order valence-electron chi connectivity index (χ3n) is 7.36. The number of aromatic nitrogens is 1. The van der Waals surface area contributed by atoms with Crippen LogP contribution in [0.25, 0.3) is 16.9 Å². The van der Waals surface area contributed by atoms with Gasteiger partial charge in [-0.3, -0.25) is 0 Å². The first kappa shape index (κ1) is 28.7. The Morgan fingerprint density at radius 1 is 0.714 bits per heavy atom. The highest BCUT2D eigenvalue weighted by Crippen LogP contribution is 2.29. The molecule has 5 nitrogen and oxygen atoms in total. The predicted molar refractivity (Wildman–Crippen MR) is 168 cm³/mol. The van der Waals surface area contributed by atoms with E-state index >= 15 is 0 Å².